The molecule has 1 aromatic rings. The lowest BCUT2D eigenvalue weighted by Gasteiger charge is -2.37. The van der Waals surface area contributed by atoms with Gasteiger partial charge in [0.25, 0.3) is 0 Å². The summed E-state index contributed by atoms with van der Waals surface area (Å²) in [5, 5.41) is 8.63. The molecule has 1 fully saturated rings. The number of aromatic carboxylic acids is 1. The van der Waals surface area contributed by atoms with E-state index in [1.165, 1.54) is 0 Å². The van der Waals surface area contributed by atoms with Crippen molar-refractivity contribution in [2.24, 2.45) is 5.41 Å². The number of carboxylic acids is 1. The van der Waals surface area contributed by atoms with Gasteiger partial charge < -0.3 is 9.84 Å². The van der Waals surface area contributed by atoms with E-state index in [1.807, 2.05) is 6.92 Å². The fourth-order valence-electron chi connectivity index (χ4n) is 1.81. The molecule has 0 atom stereocenters. The van der Waals surface area contributed by atoms with Crippen LogP contribution < -0.4 is 4.72 Å². The van der Waals surface area contributed by atoms with Crippen molar-refractivity contribution in [1.82, 2.24) is 4.72 Å². The van der Waals surface area contributed by atoms with E-state index in [2.05, 4.69) is 4.72 Å². The van der Waals surface area contributed by atoms with Crippen LogP contribution >= 0.6 is 23.2 Å². The molecule has 1 saturated heterocycles. The van der Waals surface area contributed by atoms with E-state index in [4.69, 9.17) is 33.0 Å². The monoisotopic (exact) mass is 353 g/mol. The highest BCUT2D eigenvalue weighted by Gasteiger charge is 2.35. The number of carbonyl (C=O) groups is 1. The SMILES string of the molecule is CC1(CNS(=O)(=O)c2cc(Cl)cc(C(=O)O)c2Cl)COC1. The molecule has 21 heavy (non-hydrogen) atoms. The van der Waals surface area contributed by atoms with Gasteiger partial charge in [-0.25, -0.2) is 17.9 Å². The first-order valence-corrected chi connectivity index (χ1v) is 8.18. The van der Waals surface area contributed by atoms with Gasteiger partial charge >= 0.3 is 5.97 Å². The summed E-state index contributed by atoms with van der Waals surface area (Å²) >= 11 is 11.6. The van der Waals surface area contributed by atoms with Crippen molar-refractivity contribution in [3.63, 3.8) is 0 Å². The summed E-state index contributed by atoms with van der Waals surface area (Å²) in [6.45, 7) is 2.96. The topological polar surface area (TPSA) is 92.7 Å². The minimum Gasteiger partial charge on any atom is -0.478 e. The Bertz CT molecular complexity index is 685. The van der Waals surface area contributed by atoms with E-state index in [9.17, 15) is 13.2 Å². The van der Waals surface area contributed by atoms with Crippen molar-refractivity contribution in [1.29, 1.82) is 0 Å². The lowest BCUT2D eigenvalue weighted by Crippen LogP contribution is -2.48. The highest BCUT2D eigenvalue weighted by molar-refractivity contribution is 7.89. The Morgan fingerprint density at radius 3 is 2.52 bits per heavy atom. The van der Waals surface area contributed by atoms with Crippen LogP contribution in [-0.4, -0.2) is 39.3 Å². The molecule has 0 aliphatic carbocycles. The first kappa shape index (κ1) is 16.5. The van der Waals surface area contributed by atoms with E-state index in [0.29, 0.717) is 13.2 Å². The van der Waals surface area contributed by atoms with Crippen LogP contribution in [0.25, 0.3) is 0 Å². The summed E-state index contributed by atoms with van der Waals surface area (Å²) in [5.41, 5.74) is -0.629. The molecule has 6 nitrogen and oxygen atoms in total. The molecule has 0 spiro atoms. The lowest BCUT2D eigenvalue weighted by molar-refractivity contribution is -0.0965. The predicted octanol–water partition coefficient (Wildman–Crippen LogP) is 2.01. The molecule has 116 valence electrons. The number of sulfonamides is 1. The third-order valence-corrected chi connectivity index (χ3v) is 5.28. The van der Waals surface area contributed by atoms with Crippen LogP contribution in [0.4, 0.5) is 0 Å². The Hall–Kier alpha value is -0.860. The van der Waals surface area contributed by atoms with Gasteiger partial charge in [-0.15, -0.1) is 0 Å². The lowest BCUT2D eigenvalue weighted by atomic mass is 9.89. The maximum atomic E-state index is 12.3. The first-order valence-electron chi connectivity index (χ1n) is 5.94. The Kier molecular flexibility index (Phi) is 4.51. The van der Waals surface area contributed by atoms with Crippen molar-refractivity contribution in [3.8, 4) is 0 Å². The summed E-state index contributed by atoms with van der Waals surface area (Å²) < 4.78 is 32.0. The number of hydrogen-bond acceptors (Lipinski definition) is 4. The molecule has 0 amide bonds. The molecular formula is C12H13Cl2NO5S. The van der Waals surface area contributed by atoms with E-state index in [1.54, 1.807) is 0 Å². The fourth-order valence-corrected chi connectivity index (χ4v) is 3.91. The maximum absolute atomic E-state index is 12.3. The molecule has 2 N–H and O–H groups in total. The molecule has 2 rings (SSSR count). The van der Waals surface area contributed by atoms with Gasteiger partial charge in [-0.3, -0.25) is 0 Å². The van der Waals surface area contributed by atoms with Crippen LogP contribution in [0, 0.1) is 5.41 Å². The molecule has 1 aliphatic heterocycles. The van der Waals surface area contributed by atoms with Gasteiger partial charge in [0, 0.05) is 17.0 Å². The third-order valence-electron chi connectivity index (χ3n) is 3.11. The summed E-state index contributed by atoms with van der Waals surface area (Å²) in [5.74, 6) is -1.35. The molecule has 0 unspecified atom stereocenters. The number of hydrogen-bond donors (Lipinski definition) is 2. The Morgan fingerprint density at radius 2 is 2.05 bits per heavy atom. The van der Waals surface area contributed by atoms with Crippen LogP contribution in [0.1, 0.15) is 17.3 Å². The highest BCUT2D eigenvalue weighted by Crippen LogP contribution is 2.31. The highest BCUT2D eigenvalue weighted by atomic mass is 35.5. The van der Waals surface area contributed by atoms with Gasteiger partial charge in [0.15, 0.2) is 0 Å². The summed E-state index contributed by atoms with van der Waals surface area (Å²) in [6.07, 6.45) is 0. The van der Waals surface area contributed by atoms with Crippen LogP contribution in [0.2, 0.25) is 10.0 Å². The Morgan fingerprint density at radius 1 is 1.43 bits per heavy atom. The van der Waals surface area contributed by atoms with E-state index in [-0.39, 0.29) is 32.5 Å². The number of nitrogens with one attached hydrogen (secondary N) is 1. The quantitative estimate of drug-likeness (QED) is 0.844. The second kappa shape index (κ2) is 5.73. The van der Waals surface area contributed by atoms with Crippen LogP contribution in [-0.2, 0) is 14.8 Å². The standard InChI is InChI=1S/C12H13Cl2NO5S/c1-12(5-20-6-12)4-15-21(18,19)9-3-7(13)2-8(10(9)14)11(16)17/h2-3,15H,4-6H2,1H3,(H,16,17). The van der Waals surface area contributed by atoms with Gasteiger partial charge in [0.1, 0.15) is 4.90 Å². The van der Waals surface area contributed by atoms with Gasteiger partial charge in [-0.2, -0.15) is 0 Å². The molecule has 1 aromatic carbocycles. The smallest absolute Gasteiger partial charge is 0.337 e. The largest absolute Gasteiger partial charge is 0.478 e. The van der Waals surface area contributed by atoms with Gasteiger partial charge in [0.05, 0.1) is 23.8 Å². The number of ether oxygens (including phenoxy) is 1. The predicted molar refractivity (Wildman–Crippen MR) is 77.5 cm³/mol. The zero-order chi connectivity index (χ0) is 15.8. The summed E-state index contributed by atoms with van der Waals surface area (Å²) in [4.78, 5) is 10.7. The summed E-state index contributed by atoms with van der Waals surface area (Å²) in [7, 11) is -3.96. The molecule has 0 saturated carbocycles. The molecule has 0 radical (unpaired) electrons. The second-order valence-corrected chi connectivity index (χ2v) is 7.75. The first-order chi connectivity index (χ1) is 9.65. The zero-order valence-corrected chi connectivity index (χ0v) is 13.3. The van der Waals surface area contributed by atoms with E-state index in [0.717, 1.165) is 12.1 Å². The summed E-state index contributed by atoms with van der Waals surface area (Å²) in [6, 6.07) is 2.23. The van der Waals surface area contributed by atoms with Gasteiger partial charge in [0.2, 0.25) is 10.0 Å². The molecule has 1 aliphatic rings. The fraction of sp³-hybridized carbons (Fsp3) is 0.417. The normalized spacial score (nSPS) is 17.3. The second-order valence-electron chi connectivity index (χ2n) is 5.20. The molecule has 9 heteroatoms. The molecule has 0 aromatic heterocycles. The minimum atomic E-state index is -3.96. The number of carboxylic acid groups (broad SMARTS) is 1. The van der Waals surface area contributed by atoms with Gasteiger partial charge in [-0.05, 0) is 12.1 Å². The minimum absolute atomic E-state index is 0.0182. The zero-order valence-electron chi connectivity index (χ0n) is 11.0. The molecule has 0 bridgehead atoms. The van der Waals surface area contributed by atoms with Crippen molar-refractivity contribution in [2.75, 3.05) is 19.8 Å². The van der Waals surface area contributed by atoms with Crippen molar-refractivity contribution >= 4 is 39.2 Å². The molecular weight excluding hydrogens is 341 g/mol. The van der Waals surface area contributed by atoms with Crippen LogP contribution in [0.15, 0.2) is 17.0 Å². The number of rotatable bonds is 5. The van der Waals surface area contributed by atoms with Crippen molar-refractivity contribution in [2.45, 2.75) is 11.8 Å². The van der Waals surface area contributed by atoms with E-state index >= 15 is 0 Å². The maximum Gasteiger partial charge on any atom is 0.337 e. The number of halogens is 2. The average Bonchev–Trinajstić information content (AvgIpc) is 2.36. The Balaban J connectivity index is 2.33. The Labute approximate surface area is 132 Å². The number of benzene rings is 1. The third kappa shape index (κ3) is 3.49. The van der Waals surface area contributed by atoms with Crippen LogP contribution in [0.5, 0.6) is 0 Å². The van der Waals surface area contributed by atoms with E-state index < -0.39 is 16.0 Å². The van der Waals surface area contributed by atoms with Gasteiger partial charge in [-0.1, -0.05) is 30.1 Å². The van der Waals surface area contributed by atoms with Crippen molar-refractivity contribution < 1.29 is 23.1 Å². The molecule has 1 heterocycles. The average molecular weight is 354 g/mol. The van der Waals surface area contributed by atoms with Crippen molar-refractivity contribution in [3.05, 3.63) is 27.7 Å². The van der Waals surface area contributed by atoms with Crippen LogP contribution in [0.3, 0.4) is 0 Å².